The van der Waals surface area contributed by atoms with Crippen LogP contribution >= 0.6 is 0 Å². The van der Waals surface area contributed by atoms with Crippen molar-refractivity contribution in [1.82, 2.24) is 4.72 Å². The summed E-state index contributed by atoms with van der Waals surface area (Å²) in [5, 5.41) is 8.47. The molecule has 0 aromatic heterocycles. The van der Waals surface area contributed by atoms with E-state index in [1.54, 1.807) is 0 Å². The van der Waals surface area contributed by atoms with Crippen LogP contribution in [0.2, 0.25) is 0 Å². The normalized spacial score (nSPS) is 13.2. The highest BCUT2D eigenvalue weighted by Gasteiger charge is 2.25. The van der Waals surface area contributed by atoms with E-state index >= 15 is 0 Å². The van der Waals surface area contributed by atoms with Crippen LogP contribution in [0.1, 0.15) is 26.2 Å². The molecule has 1 aromatic carbocycles. The van der Waals surface area contributed by atoms with Gasteiger partial charge in [0.2, 0.25) is 10.0 Å². The topological polar surface area (TPSA) is 83.5 Å². The summed E-state index contributed by atoms with van der Waals surface area (Å²) in [6.07, 6.45) is 0.417. The summed E-state index contributed by atoms with van der Waals surface area (Å²) in [6.45, 7) is 1.50. The summed E-state index contributed by atoms with van der Waals surface area (Å²) in [6, 6.07) is 2.15. The Kier molecular flexibility index (Phi) is 5.58. The molecule has 1 atom stereocenters. The molecule has 0 aliphatic heterocycles. The number of aliphatic carboxylic acids is 1. The quantitative estimate of drug-likeness (QED) is 0.805. The lowest BCUT2D eigenvalue weighted by Crippen LogP contribution is -2.33. The number of carboxylic acid groups (broad SMARTS) is 1. The Balaban J connectivity index is 2.77. The van der Waals surface area contributed by atoms with Gasteiger partial charge >= 0.3 is 5.97 Å². The number of hydrogen-bond acceptors (Lipinski definition) is 3. The monoisotopic (exact) mass is 307 g/mol. The van der Waals surface area contributed by atoms with Crippen LogP contribution in [0.5, 0.6) is 0 Å². The Morgan fingerprint density at radius 3 is 2.40 bits per heavy atom. The average molecular weight is 307 g/mol. The van der Waals surface area contributed by atoms with Gasteiger partial charge in [0.05, 0.1) is 0 Å². The predicted molar refractivity (Wildman–Crippen MR) is 67.6 cm³/mol. The molecule has 2 N–H and O–H groups in total. The van der Waals surface area contributed by atoms with Crippen molar-refractivity contribution in [3.05, 3.63) is 29.8 Å². The zero-order valence-corrected chi connectivity index (χ0v) is 11.6. The van der Waals surface area contributed by atoms with Crippen LogP contribution in [-0.2, 0) is 14.8 Å². The molecule has 0 spiro atoms. The number of nitrogens with one attached hydrogen (secondary N) is 1. The van der Waals surface area contributed by atoms with E-state index < -0.39 is 38.6 Å². The summed E-state index contributed by atoms with van der Waals surface area (Å²) in [5.74, 6) is -3.33. The Bertz CT molecular complexity index is 569. The highest BCUT2D eigenvalue weighted by atomic mass is 32.2. The lowest BCUT2D eigenvalue weighted by Gasteiger charge is -2.14. The Labute approximate surface area is 115 Å². The molecule has 8 heteroatoms. The van der Waals surface area contributed by atoms with Gasteiger partial charge in [-0.15, -0.1) is 0 Å². The third kappa shape index (κ3) is 4.53. The number of carbonyl (C=O) groups is 1. The molecule has 0 heterocycles. The summed E-state index contributed by atoms with van der Waals surface area (Å²) in [7, 11) is -4.32. The zero-order chi connectivity index (χ0) is 15.3. The van der Waals surface area contributed by atoms with E-state index in [0.29, 0.717) is 0 Å². The van der Waals surface area contributed by atoms with Crippen LogP contribution in [-0.4, -0.2) is 25.5 Å². The molecule has 0 saturated carbocycles. The molecule has 0 bridgehead atoms. The van der Waals surface area contributed by atoms with E-state index in [-0.39, 0.29) is 19.3 Å². The summed E-state index contributed by atoms with van der Waals surface area (Å²) in [5.41, 5.74) is 0. The van der Waals surface area contributed by atoms with Crippen LogP contribution in [0.4, 0.5) is 8.78 Å². The van der Waals surface area contributed by atoms with Crippen molar-refractivity contribution in [2.75, 3.05) is 0 Å². The lowest BCUT2D eigenvalue weighted by molar-refractivity contribution is -0.137. The Hall–Kier alpha value is -1.54. The average Bonchev–Trinajstić information content (AvgIpc) is 2.26. The smallest absolute Gasteiger partial charge is 0.303 e. The number of carboxylic acids is 1. The molecule has 112 valence electrons. The van der Waals surface area contributed by atoms with Gasteiger partial charge in [0.15, 0.2) is 4.90 Å². The van der Waals surface area contributed by atoms with Crippen LogP contribution < -0.4 is 4.72 Å². The molecule has 0 saturated heterocycles. The maximum absolute atomic E-state index is 13.4. The molecule has 0 aliphatic carbocycles. The van der Waals surface area contributed by atoms with Gasteiger partial charge in [0.1, 0.15) is 11.6 Å². The summed E-state index contributed by atoms with van der Waals surface area (Å²) >= 11 is 0. The van der Waals surface area contributed by atoms with E-state index in [4.69, 9.17) is 5.11 Å². The van der Waals surface area contributed by atoms with Crippen molar-refractivity contribution < 1.29 is 27.1 Å². The number of rotatable bonds is 7. The molecule has 1 unspecified atom stereocenters. The Morgan fingerprint density at radius 1 is 1.35 bits per heavy atom. The maximum atomic E-state index is 13.4. The van der Waals surface area contributed by atoms with Crippen molar-refractivity contribution in [1.29, 1.82) is 0 Å². The van der Waals surface area contributed by atoms with Crippen molar-refractivity contribution in [2.24, 2.45) is 0 Å². The first-order chi connectivity index (χ1) is 9.24. The number of halogens is 2. The van der Waals surface area contributed by atoms with Gasteiger partial charge in [-0.1, -0.05) is 6.07 Å². The van der Waals surface area contributed by atoms with Gasteiger partial charge in [0.25, 0.3) is 0 Å². The first kappa shape index (κ1) is 16.5. The van der Waals surface area contributed by atoms with Crippen LogP contribution in [0.15, 0.2) is 23.1 Å². The molecular formula is C12H15F2NO4S. The van der Waals surface area contributed by atoms with Crippen molar-refractivity contribution in [2.45, 2.75) is 37.1 Å². The fourth-order valence-corrected chi connectivity index (χ4v) is 3.10. The predicted octanol–water partition coefficient (Wildman–Crippen LogP) is 1.89. The lowest BCUT2D eigenvalue weighted by atomic mass is 10.1. The Morgan fingerprint density at radius 2 is 1.90 bits per heavy atom. The van der Waals surface area contributed by atoms with Crippen LogP contribution in [0, 0.1) is 11.6 Å². The van der Waals surface area contributed by atoms with Gasteiger partial charge in [-0.2, -0.15) is 0 Å². The van der Waals surface area contributed by atoms with Crippen molar-refractivity contribution >= 4 is 16.0 Å². The largest absolute Gasteiger partial charge is 0.481 e. The van der Waals surface area contributed by atoms with Gasteiger partial charge in [-0.05, 0) is 31.9 Å². The van der Waals surface area contributed by atoms with Gasteiger partial charge in [0, 0.05) is 12.5 Å². The van der Waals surface area contributed by atoms with Gasteiger partial charge in [-0.3, -0.25) is 4.79 Å². The molecule has 0 radical (unpaired) electrons. The number of sulfonamides is 1. The molecule has 5 nitrogen and oxygen atoms in total. The minimum absolute atomic E-state index is 0.0971. The van der Waals surface area contributed by atoms with Crippen molar-refractivity contribution in [3.63, 3.8) is 0 Å². The second-order valence-electron chi connectivity index (χ2n) is 4.36. The third-order valence-electron chi connectivity index (χ3n) is 2.57. The molecular weight excluding hydrogens is 292 g/mol. The molecule has 0 fully saturated rings. The standard InChI is InChI=1S/C12H15F2NO4S/c1-8(4-2-7-11(16)17)15-20(18,19)12-9(13)5-3-6-10(12)14/h3,5-6,8,15H,2,4,7H2,1H3,(H,16,17). The van der Waals surface area contributed by atoms with Crippen LogP contribution in [0.25, 0.3) is 0 Å². The van der Waals surface area contributed by atoms with Gasteiger partial charge < -0.3 is 5.11 Å². The molecule has 0 aliphatic rings. The first-order valence-corrected chi connectivity index (χ1v) is 7.40. The van der Waals surface area contributed by atoms with Crippen LogP contribution in [0.3, 0.4) is 0 Å². The van der Waals surface area contributed by atoms with E-state index in [0.717, 1.165) is 18.2 Å². The van der Waals surface area contributed by atoms with E-state index in [9.17, 15) is 22.0 Å². The highest BCUT2D eigenvalue weighted by Crippen LogP contribution is 2.18. The fraction of sp³-hybridized carbons (Fsp3) is 0.417. The minimum Gasteiger partial charge on any atom is -0.481 e. The SMILES string of the molecule is CC(CCCC(=O)O)NS(=O)(=O)c1c(F)cccc1F. The number of benzene rings is 1. The molecule has 0 amide bonds. The summed E-state index contributed by atoms with van der Waals surface area (Å²) in [4.78, 5) is 9.32. The van der Waals surface area contributed by atoms with E-state index in [2.05, 4.69) is 4.72 Å². The maximum Gasteiger partial charge on any atom is 0.303 e. The van der Waals surface area contributed by atoms with Crippen molar-refractivity contribution in [3.8, 4) is 0 Å². The third-order valence-corrected chi connectivity index (χ3v) is 4.21. The zero-order valence-electron chi connectivity index (χ0n) is 10.8. The van der Waals surface area contributed by atoms with E-state index in [1.807, 2.05) is 0 Å². The van der Waals surface area contributed by atoms with E-state index in [1.165, 1.54) is 6.92 Å². The second kappa shape index (κ2) is 6.76. The molecule has 1 aromatic rings. The molecule has 1 rings (SSSR count). The fourth-order valence-electron chi connectivity index (χ4n) is 1.68. The van der Waals surface area contributed by atoms with Gasteiger partial charge in [-0.25, -0.2) is 21.9 Å². The number of hydrogen-bond donors (Lipinski definition) is 2. The second-order valence-corrected chi connectivity index (χ2v) is 6.01. The molecule has 20 heavy (non-hydrogen) atoms. The first-order valence-electron chi connectivity index (χ1n) is 5.92. The minimum atomic E-state index is -4.32. The summed E-state index contributed by atoms with van der Waals surface area (Å²) < 4.78 is 52.7. The highest BCUT2D eigenvalue weighted by molar-refractivity contribution is 7.89.